The lowest BCUT2D eigenvalue weighted by molar-refractivity contribution is -0.137. The summed E-state index contributed by atoms with van der Waals surface area (Å²) in [6.45, 7) is 1.83. The molecule has 2 bridgehead atoms. The van der Waals surface area contributed by atoms with E-state index in [9.17, 15) is 9.59 Å². The molecular weight excluding hydrogens is 308 g/mol. The first-order valence-electron chi connectivity index (χ1n) is 8.32. The van der Waals surface area contributed by atoms with Crippen LogP contribution < -0.4 is 5.56 Å². The van der Waals surface area contributed by atoms with E-state index in [2.05, 4.69) is 15.2 Å². The first-order chi connectivity index (χ1) is 11.6. The summed E-state index contributed by atoms with van der Waals surface area (Å²) in [5.41, 5.74) is 0.482. The number of fused-ring (bicyclic) bond motifs is 2. The minimum atomic E-state index is -0.182. The van der Waals surface area contributed by atoms with E-state index in [-0.39, 0.29) is 36.1 Å². The van der Waals surface area contributed by atoms with Gasteiger partial charge in [0.25, 0.3) is 5.56 Å². The summed E-state index contributed by atoms with van der Waals surface area (Å²) < 4.78 is 1.38. The van der Waals surface area contributed by atoms with Crippen LogP contribution in [0.4, 0.5) is 0 Å². The normalized spacial score (nSPS) is 25.9. The van der Waals surface area contributed by atoms with Crippen molar-refractivity contribution in [3.8, 4) is 0 Å². The Morgan fingerprint density at radius 1 is 1.17 bits per heavy atom. The summed E-state index contributed by atoms with van der Waals surface area (Å²) in [5.74, 6) is 0.00197. The van der Waals surface area contributed by atoms with Crippen molar-refractivity contribution in [1.82, 2.24) is 29.4 Å². The van der Waals surface area contributed by atoms with Crippen LogP contribution in [0.1, 0.15) is 37.4 Å². The van der Waals surface area contributed by atoms with E-state index >= 15 is 0 Å². The smallest absolute Gasteiger partial charge is 0.253 e. The summed E-state index contributed by atoms with van der Waals surface area (Å²) in [4.78, 5) is 32.6. The molecule has 4 rings (SSSR count). The standard InChI is InChI=1S/C16H20N6O2/c1-11-6-15(23)20(10-17-11)9-16(24)21-12-2-3-13(21)8-14(7-12)22-18-4-5-19-22/h4-6,10,12-14H,2-3,7-9H2,1H3. The molecule has 0 N–H and O–H groups in total. The van der Waals surface area contributed by atoms with Gasteiger partial charge in [-0.1, -0.05) is 0 Å². The number of amides is 1. The molecule has 8 nitrogen and oxygen atoms in total. The van der Waals surface area contributed by atoms with Crippen molar-refractivity contribution in [2.24, 2.45) is 0 Å². The Hall–Kier alpha value is -2.51. The third-order valence-electron chi connectivity index (χ3n) is 5.08. The Morgan fingerprint density at radius 3 is 2.46 bits per heavy atom. The van der Waals surface area contributed by atoms with Crippen LogP contribution in [0.25, 0.3) is 0 Å². The Kier molecular flexibility index (Phi) is 3.66. The fraction of sp³-hybridized carbons (Fsp3) is 0.562. The Labute approximate surface area is 139 Å². The van der Waals surface area contributed by atoms with E-state index < -0.39 is 0 Å². The van der Waals surface area contributed by atoms with Crippen molar-refractivity contribution < 1.29 is 4.79 Å². The molecule has 8 heteroatoms. The van der Waals surface area contributed by atoms with E-state index in [4.69, 9.17) is 0 Å². The molecule has 2 saturated heterocycles. The molecule has 2 aromatic rings. The highest BCUT2D eigenvalue weighted by molar-refractivity contribution is 5.77. The van der Waals surface area contributed by atoms with E-state index in [0.29, 0.717) is 5.69 Å². The first-order valence-corrected chi connectivity index (χ1v) is 8.32. The minimum absolute atomic E-state index is 0.00197. The zero-order chi connectivity index (χ0) is 16.7. The molecule has 0 aliphatic carbocycles. The number of rotatable bonds is 3. The average molecular weight is 328 g/mol. The zero-order valence-electron chi connectivity index (χ0n) is 13.6. The van der Waals surface area contributed by atoms with Crippen LogP contribution in [0, 0.1) is 6.92 Å². The van der Waals surface area contributed by atoms with Gasteiger partial charge in [0.15, 0.2) is 0 Å². The van der Waals surface area contributed by atoms with Gasteiger partial charge in [0, 0.05) is 23.8 Å². The molecule has 2 fully saturated rings. The van der Waals surface area contributed by atoms with Crippen molar-refractivity contribution in [2.45, 2.75) is 57.3 Å². The van der Waals surface area contributed by atoms with Crippen molar-refractivity contribution in [3.63, 3.8) is 0 Å². The van der Waals surface area contributed by atoms with Crippen molar-refractivity contribution >= 4 is 5.91 Å². The summed E-state index contributed by atoms with van der Waals surface area (Å²) >= 11 is 0. The van der Waals surface area contributed by atoms with Crippen LogP contribution in [0.3, 0.4) is 0 Å². The lowest BCUT2D eigenvalue weighted by Gasteiger charge is -2.38. The summed E-state index contributed by atoms with van der Waals surface area (Å²) in [6.07, 6.45) is 8.60. The molecule has 2 aliphatic heterocycles. The topological polar surface area (TPSA) is 85.9 Å². The Bertz CT molecular complexity index is 785. The molecule has 2 aromatic heterocycles. The van der Waals surface area contributed by atoms with Crippen molar-refractivity contribution in [3.05, 3.63) is 40.8 Å². The SMILES string of the molecule is Cc1cc(=O)n(CC(=O)N2C3CCC2CC(n2nccn2)C3)cn1. The van der Waals surface area contributed by atoms with Crippen molar-refractivity contribution in [2.75, 3.05) is 0 Å². The number of hydrogen-bond acceptors (Lipinski definition) is 5. The molecule has 0 spiro atoms. The lowest BCUT2D eigenvalue weighted by Crippen LogP contribution is -2.49. The zero-order valence-corrected chi connectivity index (χ0v) is 13.6. The van der Waals surface area contributed by atoms with Gasteiger partial charge in [0.2, 0.25) is 5.91 Å². The summed E-state index contributed by atoms with van der Waals surface area (Å²) in [5, 5.41) is 8.48. The number of carbonyl (C=O) groups excluding carboxylic acids is 1. The Balaban J connectivity index is 1.49. The molecule has 4 heterocycles. The van der Waals surface area contributed by atoms with Gasteiger partial charge in [0.1, 0.15) is 6.54 Å². The highest BCUT2D eigenvalue weighted by Crippen LogP contribution is 2.40. The van der Waals surface area contributed by atoms with Gasteiger partial charge in [-0.3, -0.25) is 14.2 Å². The fourth-order valence-electron chi connectivity index (χ4n) is 4.02. The molecule has 2 aliphatic rings. The second-order valence-electron chi connectivity index (χ2n) is 6.66. The van der Waals surface area contributed by atoms with Crippen LogP contribution in [0.2, 0.25) is 0 Å². The summed E-state index contributed by atoms with van der Waals surface area (Å²) in [7, 11) is 0. The molecule has 0 radical (unpaired) electrons. The number of nitrogens with zero attached hydrogens (tertiary/aromatic N) is 6. The number of carbonyl (C=O) groups is 1. The number of hydrogen-bond donors (Lipinski definition) is 0. The lowest BCUT2D eigenvalue weighted by atomic mass is 9.97. The average Bonchev–Trinajstić information content (AvgIpc) is 3.17. The van der Waals surface area contributed by atoms with E-state index in [1.807, 2.05) is 4.90 Å². The van der Waals surface area contributed by atoms with Crippen LogP contribution in [0.15, 0.2) is 29.6 Å². The maximum atomic E-state index is 12.8. The monoisotopic (exact) mass is 328 g/mol. The molecule has 1 amide bonds. The van der Waals surface area contributed by atoms with Gasteiger partial charge in [0.05, 0.1) is 24.8 Å². The second-order valence-corrected chi connectivity index (χ2v) is 6.66. The first kappa shape index (κ1) is 15.0. The highest BCUT2D eigenvalue weighted by Gasteiger charge is 2.44. The quantitative estimate of drug-likeness (QED) is 0.821. The Morgan fingerprint density at radius 2 is 1.83 bits per heavy atom. The van der Waals surface area contributed by atoms with E-state index in [1.54, 1.807) is 24.1 Å². The van der Waals surface area contributed by atoms with Crippen LogP contribution in [-0.4, -0.2) is 47.4 Å². The summed E-state index contributed by atoms with van der Waals surface area (Å²) in [6, 6.07) is 2.13. The number of aryl methyl sites for hydroxylation is 1. The molecule has 126 valence electrons. The molecule has 0 saturated carbocycles. The maximum Gasteiger partial charge on any atom is 0.253 e. The molecule has 2 atom stereocenters. The third kappa shape index (κ3) is 2.61. The predicted molar refractivity (Wildman–Crippen MR) is 85.2 cm³/mol. The van der Waals surface area contributed by atoms with E-state index in [0.717, 1.165) is 25.7 Å². The molecule has 24 heavy (non-hydrogen) atoms. The highest BCUT2D eigenvalue weighted by atomic mass is 16.2. The van der Waals surface area contributed by atoms with Gasteiger partial charge in [-0.25, -0.2) is 4.98 Å². The third-order valence-corrected chi connectivity index (χ3v) is 5.08. The van der Waals surface area contributed by atoms with E-state index in [1.165, 1.54) is 17.0 Å². The van der Waals surface area contributed by atoms with Crippen LogP contribution >= 0.6 is 0 Å². The predicted octanol–water partition coefficient (Wildman–Crippen LogP) is 0.538. The van der Waals surface area contributed by atoms with Gasteiger partial charge in [-0.15, -0.1) is 0 Å². The molecule has 2 unspecified atom stereocenters. The fourth-order valence-corrected chi connectivity index (χ4v) is 4.02. The van der Waals surface area contributed by atoms with Gasteiger partial charge >= 0.3 is 0 Å². The second kappa shape index (κ2) is 5.85. The minimum Gasteiger partial charge on any atom is -0.335 e. The molecule has 0 aromatic carbocycles. The molecular formula is C16H20N6O2. The van der Waals surface area contributed by atoms with Gasteiger partial charge < -0.3 is 4.90 Å². The number of piperidine rings is 1. The van der Waals surface area contributed by atoms with Gasteiger partial charge in [-0.05, 0) is 32.6 Å². The van der Waals surface area contributed by atoms with Gasteiger partial charge in [-0.2, -0.15) is 15.0 Å². The van der Waals surface area contributed by atoms with Crippen LogP contribution in [0.5, 0.6) is 0 Å². The number of aromatic nitrogens is 5. The van der Waals surface area contributed by atoms with Crippen molar-refractivity contribution in [1.29, 1.82) is 0 Å². The largest absolute Gasteiger partial charge is 0.335 e. The maximum absolute atomic E-state index is 12.8. The van der Waals surface area contributed by atoms with Crippen LogP contribution in [-0.2, 0) is 11.3 Å².